The molecule has 1 saturated heterocycles. The van der Waals surface area contributed by atoms with Gasteiger partial charge in [-0.2, -0.15) is 0 Å². The highest BCUT2D eigenvalue weighted by atomic mass is 16.5. The molecule has 2 aromatic rings. The SMILES string of the molecule is Nc1ncnc2c1ncn2[C@H]1CC(N)[C@@H](CO)O1. The van der Waals surface area contributed by atoms with Gasteiger partial charge in [-0.05, 0) is 0 Å². The van der Waals surface area contributed by atoms with Crippen LogP contribution in [0.15, 0.2) is 12.7 Å². The third-order valence-corrected chi connectivity index (χ3v) is 3.16. The minimum absolute atomic E-state index is 0.0958. The number of imidazole rings is 1. The van der Waals surface area contributed by atoms with Gasteiger partial charge in [0.25, 0.3) is 0 Å². The molecule has 0 radical (unpaired) electrons. The molecule has 1 aliphatic rings. The molecule has 0 amide bonds. The first-order chi connectivity index (χ1) is 8.70. The fourth-order valence-corrected chi connectivity index (χ4v) is 2.18. The van der Waals surface area contributed by atoms with Gasteiger partial charge in [-0.1, -0.05) is 0 Å². The number of nitrogens with two attached hydrogens (primary N) is 2. The average Bonchev–Trinajstić information content (AvgIpc) is 2.93. The summed E-state index contributed by atoms with van der Waals surface area (Å²) < 4.78 is 7.43. The number of ether oxygens (including phenoxy) is 1. The number of nitrogen functional groups attached to an aromatic ring is 1. The lowest BCUT2D eigenvalue weighted by Crippen LogP contribution is -2.32. The molecule has 0 bridgehead atoms. The minimum atomic E-state index is -0.355. The molecule has 2 aromatic heterocycles. The standard InChI is InChI=1S/C10H14N6O2/c11-5-1-7(18-6(5)2-17)16-4-15-8-9(12)13-3-14-10(8)16/h3-7,17H,1-2,11H2,(H2,12,13,14)/t5?,6-,7-/m1/s1. The van der Waals surface area contributed by atoms with Crippen LogP contribution in [0.2, 0.25) is 0 Å². The number of aliphatic hydroxyl groups is 1. The first kappa shape index (κ1) is 11.3. The molecule has 18 heavy (non-hydrogen) atoms. The van der Waals surface area contributed by atoms with Gasteiger partial charge in [-0.25, -0.2) is 15.0 Å². The first-order valence-corrected chi connectivity index (χ1v) is 5.65. The normalized spacial score (nSPS) is 28.0. The van der Waals surface area contributed by atoms with E-state index in [0.29, 0.717) is 23.4 Å². The minimum Gasteiger partial charge on any atom is -0.394 e. The zero-order valence-electron chi connectivity index (χ0n) is 9.60. The Morgan fingerprint density at radius 1 is 1.44 bits per heavy atom. The lowest BCUT2D eigenvalue weighted by Gasteiger charge is -2.13. The second-order valence-electron chi connectivity index (χ2n) is 4.29. The molecule has 96 valence electrons. The van der Waals surface area contributed by atoms with Crippen molar-refractivity contribution in [3.8, 4) is 0 Å². The van der Waals surface area contributed by atoms with Crippen LogP contribution in [-0.2, 0) is 4.74 Å². The van der Waals surface area contributed by atoms with E-state index in [9.17, 15) is 0 Å². The summed E-state index contributed by atoms with van der Waals surface area (Å²) in [6.07, 6.45) is 2.95. The third kappa shape index (κ3) is 1.62. The second-order valence-corrected chi connectivity index (χ2v) is 4.29. The summed E-state index contributed by atoms with van der Waals surface area (Å²) in [5.74, 6) is 0.333. The number of fused-ring (bicyclic) bond motifs is 1. The Labute approximate surface area is 103 Å². The van der Waals surface area contributed by atoms with E-state index in [4.69, 9.17) is 21.3 Å². The summed E-state index contributed by atoms with van der Waals surface area (Å²) in [6.45, 7) is -0.0958. The summed E-state index contributed by atoms with van der Waals surface area (Å²) in [7, 11) is 0. The number of hydrogen-bond donors (Lipinski definition) is 3. The molecule has 0 aromatic carbocycles. The highest BCUT2D eigenvalue weighted by Crippen LogP contribution is 2.30. The van der Waals surface area contributed by atoms with Crippen LogP contribution < -0.4 is 11.5 Å². The molecule has 3 atom stereocenters. The third-order valence-electron chi connectivity index (χ3n) is 3.16. The zero-order valence-corrected chi connectivity index (χ0v) is 9.60. The molecular weight excluding hydrogens is 236 g/mol. The molecule has 1 unspecified atom stereocenters. The van der Waals surface area contributed by atoms with Gasteiger partial charge in [-0.3, -0.25) is 4.57 Å². The second kappa shape index (κ2) is 4.16. The van der Waals surface area contributed by atoms with E-state index < -0.39 is 0 Å². The van der Waals surface area contributed by atoms with Crippen LogP contribution in [0.5, 0.6) is 0 Å². The molecule has 8 heteroatoms. The summed E-state index contributed by atoms with van der Waals surface area (Å²) >= 11 is 0. The van der Waals surface area contributed by atoms with Crippen LogP contribution in [-0.4, -0.2) is 43.4 Å². The summed E-state index contributed by atoms with van der Waals surface area (Å²) in [5.41, 5.74) is 12.8. The summed E-state index contributed by atoms with van der Waals surface area (Å²) in [6, 6.07) is -0.198. The molecular formula is C10H14N6O2. The fourth-order valence-electron chi connectivity index (χ4n) is 2.18. The number of aromatic nitrogens is 4. The Morgan fingerprint density at radius 3 is 3.00 bits per heavy atom. The Kier molecular flexibility index (Phi) is 2.62. The zero-order chi connectivity index (χ0) is 12.7. The van der Waals surface area contributed by atoms with Crippen LogP contribution in [0.4, 0.5) is 5.82 Å². The summed E-state index contributed by atoms with van der Waals surface area (Å²) in [4.78, 5) is 12.2. The van der Waals surface area contributed by atoms with Gasteiger partial charge in [0.2, 0.25) is 0 Å². The van der Waals surface area contributed by atoms with Crippen molar-refractivity contribution >= 4 is 17.0 Å². The lowest BCUT2D eigenvalue weighted by molar-refractivity contribution is -0.0233. The van der Waals surface area contributed by atoms with Crippen LogP contribution >= 0.6 is 0 Å². The van der Waals surface area contributed by atoms with Crippen LogP contribution in [0, 0.1) is 0 Å². The van der Waals surface area contributed by atoms with Gasteiger partial charge >= 0.3 is 0 Å². The molecule has 3 rings (SSSR count). The maximum absolute atomic E-state index is 9.13. The van der Waals surface area contributed by atoms with Crippen molar-refractivity contribution < 1.29 is 9.84 Å². The molecule has 0 aliphatic carbocycles. The summed E-state index contributed by atoms with van der Waals surface area (Å²) in [5, 5.41) is 9.13. The molecule has 0 spiro atoms. The van der Waals surface area contributed by atoms with Crippen LogP contribution in [0.1, 0.15) is 12.6 Å². The Morgan fingerprint density at radius 2 is 2.28 bits per heavy atom. The number of anilines is 1. The molecule has 1 aliphatic heterocycles. The predicted molar refractivity (Wildman–Crippen MR) is 63.3 cm³/mol. The van der Waals surface area contributed by atoms with E-state index in [2.05, 4.69) is 15.0 Å². The Bertz CT molecular complexity index is 570. The van der Waals surface area contributed by atoms with Gasteiger partial charge in [0.05, 0.1) is 19.0 Å². The van der Waals surface area contributed by atoms with Crippen molar-refractivity contribution in [1.29, 1.82) is 0 Å². The molecule has 0 saturated carbocycles. The lowest BCUT2D eigenvalue weighted by atomic mass is 10.1. The first-order valence-electron chi connectivity index (χ1n) is 5.65. The molecule has 1 fully saturated rings. The van der Waals surface area contributed by atoms with Crippen molar-refractivity contribution in [2.24, 2.45) is 5.73 Å². The maximum Gasteiger partial charge on any atom is 0.167 e. The Balaban J connectivity index is 1.99. The number of rotatable bonds is 2. The number of aliphatic hydroxyl groups excluding tert-OH is 1. The van der Waals surface area contributed by atoms with Gasteiger partial charge in [-0.15, -0.1) is 0 Å². The van der Waals surface area contributed by atoms with Crippen molar-refractivity contribution in [2.75, 3.05) is 12.3 Å². The van der Waals surface area contributed by atoms with Gasteiger partial charge in [0.1, 0.15) is 18.1 Å². The van der Waals surface area contributed by atoms with E-state index in [1.165, 1.54) is 6.33 Å². The van der Waals surface area contributed by atoms with Gasteiger partial charge in [0.15, 0.2) is 11.5 Å². The van der Waals surface area contributed by atoms with E-state index in [1.54, 1.807) is 10.9 Å². The monoisotopic (exact) mass is 250 g/mol. The Hall–Kier alpha value is -1.77. The van der Waals surface area contributed by atoms with E-state index in [-0.39, 0.29) is 25.0 Å². The molecule has 3 heterocycles. The highest BCUT2D eigenvalue weighted by molar-refractivity contribution is 5.81. The van der Waals surface area contributed by atoms with E-state index in [0.717, 1.165) is 0 Å². The maximum atomic E-state index is 9.13. The topological polar surface area (TPSA) is 125 Å². The number of nitrogens with zero attached hydrogens (tertiary/aromatic N) is 4. The van der Waals surface area contributed by atoms with Crippen molar-refractivity contribution in [1.82, 2.24) is 19.5 Å². The van der Waals surface area contributed by atoms with Gasteiger partial charge in [0, 0.05) is 12.5 Å². The van der Waals surface area contributed by atoms with Crippen LogP contribution in [0.3, 0.4) is 0 Å². The van der Waals surface area contributed by atoms with Crippen molar-refractivity contribution in [2.45, 2.75) is 24.8 Å². The quantitative estimate of drug-likeness (QED) is 0.625. The van der Waals surface area contributed by atoms with Crippen LogP contribution in [0.25, 0.3) is 11.2 Å². The van der Waals surface area contributed by atoms with E-state index in [1.807, 2.05) is 0 Å². The predicted octanol–water partition coefficient (Wildman–Crippen LogP) is -0.984. The fraction of sp³-hybridized carbons (Fsp3) is 0.500. The molecule has 5 N–H and O–H groups in total. The average molecular weight is 250 g/mol. The van der Waals surface area contributed by atoms with Crippen molar-refractivity contribution in [3.05, 3.63) is 12.7 Å². The highest BCUT2D eigenvalue weighted by Gasteiger charge is 2.34. The largest absolute Gasteiger partial charge is 0.394 e. The number of hydrogen-bond acceptors (Lipinski definition) is 7. The van der Waals surface area contributed by atoms with Crippen molar-refractivity contribution in [3.63, 3.8) is 0 Å². The smallest absolute Gasteiger partial charge is 0.167 e. The molecule has 8 nitrogen and oxygen atoms in total. The van der Waals surface area contributed by atoms with E-state index >= 15 is 0 Å². The van der Waals surface area contributed by atoms with Gasteiger partial charge < -0.3 is 21.3 Å².